The zero-order valence-corrected chi connectivity index (χ0v) is 17.0. The van der Waals surface area contributed by atoms with Crippen LogP contribution in [0.2, 0.25) is 0 Å². The summed E-state index contributed by atoms with van der Waals surface area (Å²) in [6.45, 7) is 12.7. The zero-order valence-electron chi connectivity index (χ0n) is 17.0. The molecule has 158 valence electrons. The first-order chi connectivity index (χ1) is 13.1. The highest BCUT2D eigenvalue weighted by molar-refractivity contribution is 6.27. The molecule has 0 unspecified atom stereocenters. The Morgan fingerprint density at radius 2 is 1.75 bits per heavy atom. The molecule has 0 amide bonds. The standard InChI is InChI=1S/C18H29NO3.C2H2O4/c1-6-7-15-8-9-16(17(14-15)20-5)22-13-12-21-11-10-19-18(2,3)4;3-1(4)2(5)6/h6,8-9,14,19H,1,7,10-13H2,2-5H3;(H,3,4)(H,5,6). The number of carbonyl (C=O) groups is 2. The average molecular weight is 397 g/mol. The molecule has 1 rings (SSSR count). The Morgan fingerprint density at radius 3 is 2.25 bits per heavy atom. The largest absolute Gasteiger partial charge is 0.493 e. The summed E-state index contributed by atoms with van der Waals surface area (Å²) in [6, 6.07) is 5.93. The third-order valence-corrected chi connectivity index (χ3v) is 3.18. The van der Waals surface area contributed by atoms with Crippen molar-refractivity contribution in [3.63, 3.8) is 0 Å². The quantitative estimate of drug-likeness (QED) is 0.313. The summed E-state index contributed by atoms with van der Waals surface area (Å²) in [5, 5.41) is 18.2. The summed E-state index contributed by atoms with van der Waals surface area (Å²) in [5.41, 5.74) is 1.28. The molecule has 1 aromatic carbocycles. The maximum Gasteiger partial charge on any atom is 0.414 e. The molecule has 28 heavy (non-hydrogen) atoms. The summed E-state index contributed by atoms with van der Waals surface area (Å²) in [7, 11) is 1.65. The van der Waals surface area contributed by atoms with Gasteiger partial charge in [0.2, 0.25) is 0 Å². The van der Waals surface area contributed by atoms with Gasteiger partial charge in [0.1, 0.15) is 6.61 Å². The number of hydrogen-bond donors (Lipinski definition) is 3. The monoisotopic (exact) mass is 397 g/mol. The van der Waals surface area contributed by atoms with Crippen molar-refractivity contribution < 1.29 is 34.0 Å². The second kappa shape index (κ2) is 13.6. The molecule has 1 aromatic rings. The van der Waals surface area contributed by atoms with E-state index in [9.17, 15) is 0 Å². The Labute approximate surface area is 166 Å². The van der Waals surface area contributed by atoms with E-state index in [1.165, 1.54) is 0 Å². The number of benzene rings is 1. The fourth-order valence-corrected chi connectivity index (χ4v) is 1.94. The minimum atomic E-state index is -1.82. The van der Waals surface area contributed by atoms with E-state index in [4.69, 9.17) is 34.0 Å². The molecule has 0 aliphatic carbocycles. The van der Waals surface area contributed by atoms with Gasteiger partial charge in [0.25, 0.3) is 0 Å². The lowest BCUT2D eigenvalue weighted by atomic mass is 10.1. The zero-order chi connectivity index (χ0) is 21.6. The fourth-order valence-electron chi connectivity index (χ4n) is 1.94. The topological polar surface area (TPSA) is 114 Å². The number of rotatable bonds is 10. The van der Waals surface area contributed by atoms with Crippen LogP contribution in [0.3, 0.4) is 0 Å². The Morgan fingerprint density at radius 1 is 1.11 bits per heavy atom. The van der Waals surface area contributed by atoms with Crippen molar-refractivity contribution in [3.05, 3.63) is 36.4 Å². The molecule has 0 bridgehead atoms. The molecule has 8 nitrogen and oxygen atoms in total. The average Bonchev–Trinajstić information content (AvgIpc) is 2.61. The van der Waals surface area contributed by atoms with Gasteiger partial charge in [-0.05, 0) is 44.9 Å². The van der Waals surface area contributed by atoms with Crippen molar-refractivity contribution in [2.75, 3.05) is 33.5 Å². The molecule has 0 saturated heterocycles. The van der Waals surface area contributed by atoms with Gasteiger partial charge in [0.15, 0.2) is 11.5 Å². The van der Waals surface area contributed by atoms with Crippen LogP contribution >= 0.6 is 0 Å². The molecular formula is C20H31NO7. The molecule has 8 heteroatoms. The summed E-state index contributed by atoms with van der Waals surface area (Å²) < 4.78 is 16.6. The van der Waals surface area contributed by atoms with Gasteiger partial charge in [-0.2, -0.15) is 0 Å². The predicted octanol–water partition coefficient (Wildman–Crippen LogP) is 2.36. The van der Waals surface area contributed by atoms with Gasteiger partial charge in [-0.3, -0.25) is 0 Å². The maximum atomic E-state index is 9.10. The van der Waals surface area contributed by atoms with Crippen molar-refractivity contribution in [2.45, 2.75) is 32.7 Å². The van der Waals surface area contributed by atoms with Crippen molar-refractivity contribution >= 4 is 11.9 Å². The van der Waals surface area contributed by atoms with Crippen molar-refractivity contribution in [1.82, 2.24) is 5.32 Å². The first-order valence-corrected chi connectivity index (χ1v) is 8.80. The number of hydrogen-bond acceptors (Lipinski definition) is 6. The van der Waals surface area contributed by atoms with Crippen LogP contribution in [-0.4, -0.2) is 61.2 Å². The van der Waals surface area contributed by atoms with E-state index in [-0.39, 0.29) is 5.54 Å². The number of aliphatic carboxylic acids is 2. The maximum absolute atomic E-state index is 9.10. The van der Waals surface area contributed by atoms with E-state index >= 15 is 0 Å². The molecule has 0 aromatic heterocycles. The summed E-state index contributed by atoms with van der Waals surface area (Å²) >= 11 is 0. The number of methoxy groups -OCH3 is 1. The molecule has 0 aliphatic rings. The van der Waals surface area contributed by atoms with Crippen LogP contribution in [0.5, 0.6) is 11.5 Å². The highest BCUT2D eigenvalue weighted by Crippen LogP contribution is 2.28. The molecule has 3 N–H and O–H groups in total. The molecule has 0 heterocycles. The van der Waals surface area contributed by atoms with Crippen LogP contribution in [0.4, 0.5) is 0 Å². The van der Waals surface area contributed by atoms with Crippen LogP contribution in [0.25, 0.3) is 0 Å². The number of carboxylic acids is 2. The van der Waals surface area contributed by atoms with E-state index in [0.717, 1.165) is 30.0 Å². The van der Waals surface area contributed by atoms with E-state index in [0.29, 0.717) is 19.8 Å². The molecular weight excluding hydrogens is 366 g/mol. The van der Waals surface area contributed by atoms with Crippen LogP contribution in [0.1, 0.15) is 26.3 Å². The summed E-state index contributed by atoms with van der Waals surface area (Å²) in [5.74, 6) is -2.16. The number of nitrogens with one attached hydrogen (secondary N) is 1. The van der Waals surface area contributed by atoms with E-state index < -0.39 is 11.9 Å². The third-order valence-electron chi connectivity index (χ3n) is 3.18. The number of carboxylic acid groups (broad SMARTS) is 2. The van der Waals surface area contributed by atoms with Crippen molar-refractivity contribution in [3.8, 4) is 11.5 Å². The van der Waals surface area contributed by atoms with Gasteiger partial charge in [-0.25, -0.2) is 9.59 Å². The van der Waals surface area contributed by atoms with Crippen LogP contribution in [0.15, 0.2) is 30.9 Å². The Hall–Kier alpha value is -2.58. The number of ether oxygens (including phenoxy) is 3. The summed E-state index contributed by atoms with van der Waals surface area (Å²) in [4.78, 5) is 18.2. The molecule has 0 spiro atoms. The Kier molecular flexibility index (Phi) is 12.3. The second-order valence-electron chi connectivity index (χ2n) is 6.73. The minimum Gasteiger partial charge on any atom is -0.493 e. The lowest BCUT2D eigenvalue weighted by Crippen LogP contribution is -2.38. The van der Waals surface area contributed by atoms with Crippen LogP contribution < -0.4 is 14.8 Å². The van der Waals surface area contributed by atoms with Gasteiger partial charge in [-0.1, -0.05) is 12.1 Å². The normalized spacial score (nSPS) is 10.4. The lowest BCUT2D eigenvalue weighted by molar-refractivity contribution is -0.159. The van der Waals surface area contributed by atoms with Crippen molar-refractivity contribution in [2.24, 2.45) is 0 Å². The molecule has 0 radical (unpaired) electrons. The SMILES string of the molecule is C=CCc1ccc(OCCOCCNC(C)(C)C)c(OC)c1.O=C(O)C(=O)O. The van der Waals surface area contributed by atoms with E-state index in [1.807, 2.05) is 24.3 Å². The minimum absolute atomic E-state index is 0.125. The van der Waals surface area contributed by atoms with Gasteiger partial charge in [-0.15, -0.1) is 6.58 Å². The van der Waals surface area contributed by atoms with Crippen LogP contribution in [-0.2, 0) is 20.7 Å². The predicted molar refractivity (Wildman–Crippen MR) is 106 cm³/mol. The van der Waals surface area contributed by atoms with Gasteiger partial charge in [0, 0.05) is 12.1 Å². The smallest absolute Gasteiger partial charge is 0.414 e. The van der Waals surface area contributed by atoms with Gasteiger partial charge >= 0.3 is 11.9 Å². The highest BCUT2D eigenvalue weighted by Gasteiger charge is 2.08. The molecule has 0 aliphatic heterocycles. The van der Waals surface area contributed by atoms with Crippen LogP contribution in [0, 0.1) is 0 Å². The first-order valence-electron chi connectivity index (χ1n) is 8.80. The third kappa shape index (κ3) is 12.7. The Balaban J connectivity index is 0.00000105. The van der Waals surface area contributed by atoms with Crippen molar-refractivity contribution in [1.29, 1.82) is 0 Å². The molecule has 0 atom stereocenters. The van der Waals surface area contributed by atoms with E-state index in [2.05, 4.69) is 32.7 Å². The first kappa shape index (κ1) is 25.4. The molecule has 0 saturated carbocycles. The number of allylic oxidation sites excluding steroid dienone is 1. The highest BCUT2D eigenvalue weighted by atomic mass is 16.5. The van der Waals surface area contributed by atoms with Gasteiger partial charge in [0.05, 0.1) is 20.3 Å². The Bertz CT molecular complexity index is 611. The fraction of sp³-hybridized carbons (Fsp3) is 0.500. The second-order valence-corrected chi connectivity index (χ2v) is 6.73. The molecule has 0 fully saturated rings. The summed E-state index contributed by atoms with van der Waals surface area (Å²) in [6.07, 6.45) is 2.69. The lowest BCUT2D eigenvalue weighted by Gasteiger charge is -2.20. The van der Waals surface area contributed by atoms with Gasteiger partial charge < -0.3 is 29.7 Å². The van der Waals surface area contributed by atoms with E-state index in [1.54, 1.807) is 7.11 Å².